The van der Waals surface area contributed by atoms with Crippen LogP contribution in [0, 0.1) is 17.3 Å². The molecular formula is C21H26N4O3. The third kappa shape index (κ3) is 3.67. The molecule has 0 spiro atoms. The first kappa shape index (κ1) is 20.1. The van der Waals surface area contributed by atoms with E-state index >= 15 is 0 Å². The van der Waals surface area contributed by atoms with Crippen molar-refractivity contribution in [2.45, 2.75) is 33.9 Å². The lowest BCUT2D eigenvalue weighted by Crippen LogP contribution is -2.32. The second kappa shape index (κ2) is 8.15. The maximum absolute atomic E-state index is 9.81. The number of fused-ring (bicyclic) bond motifs is 3. The van der Waals surface area contributed by atoms with Gasteiger partial charge in [-0.25, -0.2) is 9.97 Å². The first-order valence-electron chi connectivity index (χ1n) is 9.27. The minimum absolute atomic E-state index is 0.161. The van der Waals surface area contributed by atoms with Crippen molar-refractivity contribution in [1.29, 1.82) is 0 Å². The number of nitrogens with two attached hydrogens (primary N) is 1. The number of nitrogens with zero attached hydrogens (tertiary/aromatic N) is 3. The molecule has 7 nitrogen and oxygen atoms in total. The number of anilines is 1. The molecular weight excluding hydrogens is 356 g/mol. The summed E-state index contributed by atoms with van der Waals surface area (Å²) in [4.78, 5) is 9.18. The van der Waals surface area contributed by atoms with Crippen LogP contribution in [0.25, 0.3) is 21.9 Å². The molecule has 0 atom stereocenters. The highest BCUT2D eigenvalue weighted by molar-refractivity contribution is 6.06. The van der Waals surface area contributed by atoms with Gasteiger partial charge in [-0.1, -0.05) is 12.8 Å². The van der Waals surface area contributed by atoms with Gasteiger partial charge in [-0.2, -0.15) is 0 Å². The van der Waals surface area contributed by atoms with Crippen LogP contribution in [0.3, 0.4) is 0 Å². The van der Waals surface area contributed by atoms with Crippen LogP contribution in [0.4, 0.5) is 5.82 Å². The first-order valence-corrected chi connectivity index (χ1v) is 9.27. The Morgan fingerprint density at radius 2 is 2.00 bits per heavy atom. The van der Waals surface area contributed by atoms with Crippen molar-refractivity contribution in [3.63, 3.8) is 0 Å². The van der Waals surface area contributed by atoms with Crippen LogP contribution in [0.2, 0.25) is 0 Å². The van der Waals surface area contributed by atoms with Gasteiger partial charge >= 0.3 is 0 Å². The van der Waals surface area contributed by atoms with Crippen LogP contribution in [0.5, 0.6) is 0 Å². The maximum atomic E-state index is 9.81. The number of benzene rings is 1. The Bertz CT molecular complexity index is 1060. The van der Waals surface area contributed by atoms with Gasteiger partial charge in [0.05, 0.1) is 24.2 Å². The summed E-state index contributed by atoms with van der Waals surface area (Å²) in [6, 6.07) is 5.80. The number of ether oxygens (including phenoxy) is 1. The Hall–Kier alpha value is -2.66. The molecule has 0 aliphatic rings. The molecule has 0 unspecified atom stereocenters. The second-order valence-electron chi connectivity index (χ2n) is 7.18. The summed E-state index contributed by atoms with van der Waals surface area (Å²) in [5.74, 6) is 6.93. The van der Waals surface area contributed by atoms with Crippen molar-refractivity contribution < 1.29 is 14.9 Å². The van der Waals surface area contributed by atoms with E-state index in [1.54, 1.807) is 6.92 Å². The topological polar surface area (TPSA) is 106 Å². The number of pyridine rings is 1. The zero-order chi connectivity index (χ0) is 20.3. The van der Waals surface area contributed by atoms with Crippen LogP contribution in [0.15, 0.2) is 18.2 Å². The Morgan fingerprint density at radius 3 is 2.64 bits per heavy atom. The van der Waals surface area contributed by atoms with Gasteiger partial charge in [0.25, 0.3) is 0 Å². The molecule has 2 heterocycles. The van der Waals surface area contributed by atoms with Crippen molar-refractivity contribution in [3.8, 4) is 11.8 Å². The molecule has 0 amide bonds. The van der Waals surface area contributed by atoms with E-state index in [9.17, 15) is 10.2 Å². The first-order chi connectivity index (χ1) is 13.5. The quantitative estimate of drug-likeness (QED) is 0.540. The average Bonchev–Trinajstić information content (AvgIpc) is 3.05. The predicted molar refractivity (Wildman–Crippen MR) is 110 cm³/mol. The summed E-state index contributed by atoms with van der Waals surface area (Å²) in [6.07, 6.45) is 0. The molecule has 4 N–H and O–H groups in total. The second-order valence-corrected chi connectivity index (χ2v) is 7.18. The summed E-state index contributed by atoms with van der Waals surface area (Å²) >= 11 is 0. The molecule has 0 bridgehead atoms. The number of rotatable bonds is 7. The number of nitrogen functional groups attached to an aromatic ring is 1. The zero-order valence-corrected chi connectivity index (χ0v) is 16.5. The minimum atomic E-state index is -0.716. The summed E-state index contributed by atoms with van der Waals surface area (Å²) in [7, 11) is 0. The smallest absolute Gasteiger partial charge is 0.152 e. The summed E-state index contributed by atoms with van der Waals surface area (Å²) in [5.41, 5.74) is 8.51. The van der Waals surface area contributed by atoms with E-state index in [0.717, 1.165) is 22.0 Å². The van der Waals surface area contributed by atoms with Crippen LogP contribution < -0.4 is 5.73 Å². The molecule has 0 aliphatic carbocycles. The van der Waals surface area contributed by atoms with E-state index in [0.29, 0.717) is 36.9 Å². The number of imidazole rings is 1. The minimum Gasteiger partial charge on any atom is -0.396 e. The summed E-state index contributed by atoms with van der Waals surface area (Å²) < 4.78 is 7.56. The summed E-state index contributed by atoms with van der Waals surface area (Å²) in [6.45, 7) is 6.43. The molecule has 0 aliphatic heterocycles. The molecule has 3 rings (SSSR count). The largest absolute Gasteiger partial charge is 0.396 e. The fourth-order valence-corrected chi connectivity index (χ4v) is 3.19. The molecule has 2 aromatic heterocycles. The van der Waals surface area contributed by atoms with Crippen LogP contribution >= 0.6 is 0 Å². The van der Waals surface area contributed by atoms with Gasteiger partial charge in [-0.3, -0.25) is 0 Å². The van der Waals surface area contributed by atoms with E-state index in [-0.39, 0.29) is 13.2 Å². The zero-order valence-electron chi connectivity index (χ0n) is 16.5. The Morgan fingerprint density at radius 1 is 1.25 bits per heavy atom. The highest BCUT2D eigenvalue weighted by Gasteiger charge is 2.27. The Kier molecular flexibility index (Phi) is 5.84. The molecule has 0 saturated carbocycles. The lowest BCUT2D eigenvalue weighted by atomic mass is 9.92. The number of aliphatic hydroxyl groups excluding tert-OH is 2. The molecule has 7 heteroatoms. The number of hydrogen-bond acceptors (Lipinski definition) is 6. The highest BCUT2D eigenvalue weighted by Crippen LogP contribution is 2.32. The average molecular weight is 382 g/mol. The van der Waals surface area contributed by atoms with Gasteiger partial charge in [0.15, 0.2) is 5.82 Å². The SMILES string of the molecule is CC#Cc1ccc2c(c1)nc(N)c1nc(COCC)n(CC(C)(CO)CO)c12. The highest BCUT2D eigenvalue weighted by atomic mass is 16.5. The number of aromatic nitrogens is 3. The van der Waals surface area contributed by atoms with E-state index in [1.807, 2.05) is 36.6 Å². The molecule has 3 aromatic rings. The fraction of sp³-hybridized carbons (Fsp3) is 0.429. The van der Waals surface area contributed by atoms with Crippen LogP contribution in [-0.4, -0.2) is 44.6 Å². The molecule has 0 radical (unpaired) electrons. The monoisotopic (exact) mass is 382 g/mol. The van der Waals surface area contributed by atoms with Crippen molar-refractivity contribution in [3.05, 3.63) is 29.6 Å². The molecule has 148 valence electrons. The molecule has 0 fully saturated rings. The van der Waals surface area contributed by atoms with Gasteiger partial charge < -0.3 is 25.3 Å². The van der Waals surface area contributed by atoms with E-state index in [4.69, 9.17) is 10.5 Å². The molecule has 0 saturated heterocycles. The van der Waals surface area contributed by atoms with Crippen molar-refractivity contribution >= 4 is 27.8 Å². The van der Waals surface area contributed by atoms with Crippen LogP contribution in [0.1, 0.15) is 32.2 Å². The van der Waals surface area contributed by atoms with E-state index < -0.39 is 5.41 Å². The third-order valence-electron chi connectivity index (χ3n) is 4.79. The standard InChI is InChI=1S/C21H26N4O3/c1-4-6-14-7-8-15-16(9-14)23-20(22)18-19(15)25(11-21(3,12-26)13-27)17(24-18)10-28-5-2/h7-9,26-27H,5,10-13H2,1-3H3,(H2,22,23). The van der Waals surface area contributed by atoms with Gasteiger partial charge in [0.2, 0.25) is 0 Å². The third-order valence-corrected chi connectivity index (χ3v) is 4.79. The predicted octanol–water partition coefficient (Wildman–Crippen LogP) is 2.07. The van der Waals surface area contributed by atoms with Crippen molar-refractivity contribution in [2.75, 3.05) is 25.6 Å². The molecule has 1 aromatic carbocycles. The van der Waals surface area contributed by atoms with E-state index in [1.165, 1.54) is 0 Å². The lowest BCUT2D eigenvalue weighted by Gasteiger charge is -2.26. The number of aliphatic hydroxyl groups is 2. The maximum Gasteiger partial charge on any atom is 0.152 e. The Balaban J connectivity index is 2.31. The van der Waals surface area contributed by atoms with Crippen molar-refractivity contribution in [1.82, 2.24) is 14.5 Å². The number of hydrogen-bond donors (Lipinski definition) is 3. The molecule has 28 heavy (non-hydrogen) atoms. The van der Waals surface area contributed by atoms with Gasteiger partial charge in [-0.05, 0) is 32.0 Å². The lowest BCUT2D eigenvalue weighted by molar-refractivity contribution is 0.0530. The van der Waals surface area contributed by atoms with Gasteiger partial charge in [0, 0.05) is 29.5 Å². The fourth-order valence-electron chi connectivity index (χ4n) is 3.19. The van der Waals surface area contributed by atoms with Gasteiger partial charge in [0.1, 0.15) is 17.9 Å². The Labute approximate surface area is 164 Å². The summed E-state index contributed by atoms with van der Waals surface area (Å²) in [5, 5.41) is 20.5. The van der Waals surface area contributed by atoms with E-state index in [2.05, 4.69) is 21.8 Å². The van der Waals surface area contributed by atoms with Gasteiger partial charge in [-0.15, -0.1) is 5.92 Å². The van der Waals surface area contributed by atoms with Crippen LogP contribution in [-0.2, 0) is 17.9 Å². The van der Waals surface area contributed by atoms with Crippen molar-refractivity contribution in [2.24, 2.45) is 5.41 Å². The normalized spacial score (nSPS) is 11.8.